The second kappa shape index (κ2) is 12.6. The Balaban J connectivity index is 2.85. The van der Waals surface area contributed by atoms with E-state index in [2.05, 4.69) is 6.58 Å². The number of carbonyl (C=O) groups is 2. The summed E-state index contributed by atoms with van der Waals surface area (Å²) in [5.74, 6) is -1.73. The largest absolute Gasteiger partial charge is 0.507 e. The molecule has 9 nitrogen and oxygen atoms in total. The molecule has 0 atom stereocenters. The number of phenols is 1. The number of nitriles is 2. The molecular weight excluding hydrogens is 390 g/mol. The van der Waals surface area contributed by atoms with Gasteiger partial charge in [-0.05, 0) is 25.1 Å². The van der Waals surface area contributed by atoms with Crippen molar-refractivity contribution in [3.8, 4) is 17.9 Å². The average Bonchev–Trinajstić information content (AvgIpc) is 2.72. The van der Waals surface area contributed by atoms with Crippen LogP contribution in [0.3, 0.4) is 0 Å². The van der Waals surface area contributed by atoms with Crippen LogP contribution in [0, 0.1) is 22.7 Å². The Morgan fingerprint density at radius 2 is 1.87 bits per heavy atom. The van der Waals surface area contributed by atoms with E-state index in [0.717, 1.165) is 0 Å². The fourth-order valence-corrected chi connectivity index (χ4v) is 2.29. The van der Waals surface area contributed by atoms with Crippen molar-refractivity contribution in [1.82, 2.24) is 0 Å². The molecule has 0 aliphatic carbocycles. The van der Waals surface area contributed by atoms with Gasteiger partial charge >= 0.3 is 11.9 Å². The predicted molar refractivity (Wildman–Crippen MR) is 108 cm³/mol. The minimum absolute atomic E-state index is 0.125. The van der Waals surface area contributed by atoms with E-state index < -0.39 is 11.9 Å². The SMILES string of the molecule is C=C(C)C(=O)OCCOC(=O)C(C#N)=Cc1ccc(N(CCO)CCC#N)cc1O. The van der Waals surface area contributed by atoms with Crippen molar-refractivity contribution >= 4 is 23.7 Å². The maximum absolute atomic E-state index is 12.0. The highest BCUT2D eigenvalue weighted by Crippen LogP contribution is 2.27. The van der Waals surface area contributed by atoms with Gasteiger partial charge in [0.05, 0.1) is 19.1 Å². The number of hydrogen-bond acceptors (Lipinski definition) is 9. The zero-order chi connectivity index (χ0) is 22.5. The second-order valence-electron chi connectivity index (χ2n) is 6.08. The molecule has 0 saturated carbocycles. The lowest BCUT2D eigenvalue weighted by atomic mass is 10.1. The monoisotopic (exact) mass is 413 g/mol. The van der Waals surface area contributed by atoms with Crippen molar-refractivity contribution in [2.24, 2.45) is 0 Å². The quantitative estimate of drug-likeness (QED) is 0.239. The van der Waals surface area contributed by atoms with Crippen molar-refractivity contribution in [3.63, 3.8) is 0 Å². The Bertz CT molecular complexity index is 895. The van der Waals surface area contributed by atoms with E-state index in [-0.39, 0.29) is 55.2 Å². The summed E-state index contributed by atoms with van der Waals surface area (Å²) in [6.07, 6.45) is 1.42. The molecule has 0 saturated heterocycles. The van der Waals surface area contributed by atoms with Gasteiger partial charge in [-0.25, -0.2) is 9.59 Å². The molecule has 158 valence electrons. The number of aliphatic hydroxyl groups is 1. The van der Waals surface area contributed by atoms with Gasteiger partial charge in [0.2, 0.25) is 0 Å². The first kappa shape index (κ1) is 24.2. The Hall–Kier alpha value is -3.82. The van der Waals surface area contributed by atoms with Crippen molar-refractivity contribution in [2.75, 3.05) is 37.8 Å². The van der Waals surface area contributed by atoms with Crippen LogP contribution in [0.4, 0.5) is 5.69 Å². The molecule has 0 amide bonds. The summed E-state index contributed by atoms with van der Waals surface area (Å²) < 4.78 is 9.68. The number of anilines is 1. The van der Waals surface area contributed by atoms with Gasteiger partial charge in [-0.2, -0.15) is 10.5 Å². The van der Waals surface area contributed by atoms with Crippen LogP contribution < -0.4 is 4.90 Å². The molecule has 0 heterocycles. The first-order chi connectivity index (χ1) is 14.3. The first-order valence-corrected chi connectivity index (χ1v) is 9.01. The van der Waals surface area contributed by atoms with Crippen LogP contribution in [0.5, 0.6) is 5.75 Å². The Kier molecular flexibility index (Phi) is 10.2. The fourth-order valence-electron chi connectivity index (χ4n) is 2.29. The summed E-state index contributed by atoms with van der Waals surface area (Å²) in [6.45, 7) is 5.01. The summed E-state index contributed by atoms with van der Waals surface area (Å²) in [5.41, 5.74) is 0.656. The lowest BCUT2D eigenvalue weighted by Gasteiger charge is -2.23. The van der Waals surface area contributed by atoms with E-state index in [0.29, 0.717) is 12.2 Å². The molecule has 1 aromatic rings. The van der Waals surface area contributed by atoms with Gasteiger partial charge in [0, 0.05) is 36.0 Å². The molecule has 0 bridgehead atoms. The zero-order valence-corrected chi connectivity index (χ0v) is 16.6. The van der Waals surface area contributed by atoms with Gasteiger partial charge in [-0.3, -0.25) is 0 Å². The number of esters is 2. The fraction of sp³-hybridized carbons (Fsp3) is 0.333. The number of nitrogens with zero attached hydrogens (tertiary/aromatic N) is 3. The molecule has 0 unspecified atom stereocenters. The molecule has 9 heteroatoms. The van der Waals surface area contributed by atoms with E-state index in [1.807, 2.05) is 6.07 Å². The molecule has 1 aromatic carbocycles. The number of aliphatic hydroxyl groups excluding tert-OH is 1. The third-order valence-corrected chi connectivity index (χ3v) is 3.78. The van der Waals surface area contributed by atoms with Gasteiger partial charge in [-0.15, -0.1) is 0 Å². The third-order valence-electron chi connectivity index (χ3n) is 3.78. The van der Waals surface area contributed by atoms with Gasteiger partial charge in [-0.1, -0.05) is 6.58 Å². The van der Waals surface area contributed by atoms with Crippen molar-refractivity contribution in [2.45, 2.75) is 13.3 Å². The molecule has 0 aliphatic heterocycles. The average molecular weight is 413 g/mol. The zero-order valence-electron chi connectivity index (χ0n) is 16.6. The van der Waals surface area contributed by atoms with Crippen molar-refractivity contribution in [3.05, 3.63) is 41.5 Å². The normalized spacial score (nSPS) is 10.5. The smallest absolute Gasteiger partial charge is 0.349 e. The standard InChI is InChI=1S/C21H23N3O6/c1-15(2)20(27)29-10-11-30-21(28)17(14-23)12-16-4-5-18(13-19(16)26)24(8-9-25)7-3-6-22/h4-5,12-13,25-26H,1,3,7-11H2,2H3. The summed E-state index contributed by atoms with van der Waals surface area (Å²) in [6, 6.07) is 8.27. The Morgan fingerprint density at radius 3 is 2.40 bits per heavy atom. The van der Waals surface area contributed by atoms with Crippen LogP contribution in [0.2, 0.25) is 0 Å². The molecule has 0 spiro atoms. The van der Waals surface area contributed by atoms with Gasteiger partial charge in [0.15, 0.2) is 0 Å². The number of phenolic OH excluding ortho intramolecular Hbond substituents is 1. The highest BCUT2D eigenvalue weighted by molar-refractivity contribution is 5.98. The Morgan fingerprint density at radius 1 is 1.20 bits per heavy atom. The van der Waals surface area contributed by atoms with E-state index >= 15 is 0 Å². The second-order valence-corrected chi connectivity index (χ2v) is 6.08. The van der Waals surface area contributed by atoms with Crippen molar-refractivity contribution < 1.29 is 29.3 Å². The Labute approximate surface area is 174 Å². The van der Waals surface area contributed by atoms with Crippen LogP contribution >= 0.6 is 0 Å². The minimum Gasteiger partial charge on any atom is -0.507 e. The van der Waals surface area contributed by atoms with E-state index in [4.69, 9.17) is 19.8 Å². The molecule has 0 fully saturated rings. The lowest BCUT2D eigenvalue weighted by molar-refractivity contribution is -0.147. The molecule has 30 heavy (non-hydrogen) atoms. The maximum atomic E-state index is 12.0. The van der Waals surface area contributed by atoms with Crippen LogP contribution in [-0.4, -0.2) is 55.1 Å². The van der Waals surface area contributed by atoms with E-state index in [1.54, 1.807) is 17.0 Å². The number of hydrogen-bond donors (Lipinski definition) is 2. The summed E-state index contributed by atoms with van der Waals surface area (Å²) in [7, 11) is 0. The molecule has 0 aromatic heterocycles. The van der Waals surface area contributed by atoms with Crippen LogP contribution in [-0.2, 0) is 19.1 Å². The number of carbonyl (C=O) groups excluding carboxylic acids is 2. The minimum atomic E-state index is -0.928. The number of rotatable bonds is 11. The van der Waals surface area contributed by atoms with Gasteiger partial charge in [0.1, 0.15) is 30.6 Å². The van der Waals surface area contributed by atoms with Crippen molar-refractivity contribution in [1.29, 1.82) is 10.5 Å². The highest BCUT2D eigenvalue weighted by Gasteiger charge is 2.14. The molecule has 1 rings (SSSR count). The third kappa shape index (κ3) is 7.66. The van der Waals surface area contributed by atoms with Crippen LogP contribution in [0.15, 0.2) is 35.9 Å². The van der Waals surface area contributed by atoms with E-state index in [9.17, 15) is 20.0 Å². The number of benzene rings is 1. The van der Waals surface area contributed by atoms with Crippen LogP contribution in [0.25, 0.3) is 6.08 Å². The molecule has 0 radical (unpaired) electrons. The summed E-state index contributed by atoms with van der Waals surface area (Å²) in [5, 5.41) is 37.4. The first-order valence-electron chi connectivity index (χ1n) is 9.01. The molecule has 0 aliphatic rings. The van der Waals surface area contributed by atoms with E-state index in [1.165, 1.54) is 25.1 Å². The maximum Gasteiger partial charge on any atom is 0.349 e. The van der Waals surface area contributed by atoms with Gasteiger partial charge in [0.25, 0.3) is 0 Å². The lowest BCUT2D eigenvalue weighted by Crippen LogP contribution is -2.27. The molecular formula is C21H23N3O6. The summed E-state index contributed by atoms with van der Waals surface area (Å²) >= 11 is 0. The number of aromatic hydroxyl groups is 1. The van der Waals surface area contributed by atoms with Gasteiger partial charge < -0.3 is 24.6 Å². The molecule has 2 N–H and O–H groups in total. The number of ether oxygens (including phenoxy) is 2. The highest BCUT2D eigenvalue weighted by atomic mass is 16.6. The predicted octanol–water partition coefficient (Wildman–Crippen LogP) is 1.67. The summed E-state index contributed by atoms with van der Waals surface area (Å²) in [4.78, 5) is 25.0. The topological polar surface area (TPSA) is 144 Å². The van der Waals surface area contributed by atoms with Crippen LogP contribution in [0.1, 0.15) is 18.9 Å².